The van der Waals surface area contributed by atoms with E-state index in [1.165, 1.54) is 0 Å². The average Bonchev–Trinajstić information content (AvgIpc) is 3.19. The van der Waals surface area contributed by atoms with Crippen molar-refractivity contribution < 1.29 is 9.59 Å². The van der Waals surface area contributed by atoms with Gasteiger partial charge in [0.25, 0.3) is 5.91 Å². The molecule has 1 aromatic rings. The van der Waals surface area contributed by atoms with Gasteiger partial charge in [-0.1, -0.05) is 23.2 Å². The number of hydrogen-bond acceptors (Lipinski definition) is 3. The number of piperidine rings is 1. The maximum Gasteiger partial charge on any atom is 0.251 e. The lowest BCUT2D eigenvalue weighted by Crippen LogP contribution is -2.44. The molecule has 1 saturated carbocycles. The van der Waals surface area contributed by atoms with E-state index in [1.54, 1.807) is 18.2 Å². The molecule has 1 aromatic carbocycles. The van der Waals surface area contributed by atoms with Gasteiger partial charge in [-0.25, -0.2) is 0 Å². The predicted molar refractivity (Wildman–Crippen MR) is 104 cm³/mol. The third-order valence-electron chi connectivity index (χ3n) is 5.29. The molecule has 2 fully saturated rings. The second-order valence-corrected chi connectivity index (χ2v) is 8.62. The van der Waals surface area contributed by atoms with Crippen LogP contribution in [0, 0.1) is 5.41 Å². The van der Waals surface area contributed by atoms with Crippen LogP contribution in [0.4, 0.5) is 0 Å². The summed E-state index contributed by atoms with van der Waals surface area (Å²) in [7, 11) is 0. The van der Waals surface area contributed by atoms with Gasteiger partial charge in [0.05, 0.1) is 6.54 Å². The second-order valence-electron chi connectivity index (χ2n) is 7.75. The first-order chi connectivity index (χ1) is 12.3. The molecule has 2 N–H and O–H groups in total. The number of rotatable bonds is 5. The Labute approximate surface area is 164 Å². The molecular weight excluding hydrogens is 373 g/mol. The van der Waals surface area contributed by atoms with Crippen LogP contribution < -0.4 is 10.6 Å². The fourth-order valence-corrected chi connectivity index (χ4v) is 4.28. The smallest absolute Gasteiger partial charge is 0.251 e. The summed E-state index contributed by atoms with van der Waals surface area (Å²) in [6.45, 7) is 6.16. The molecule has 5 nitrogen and oxygen atoms in total. The van der Waals surface area contributed by atoms with Crippen molar-refractivity contribution in [3.8, 4) is 0 Å². The number of amides is 2. The van der Waals surface area contributed by atoms with E-state index >= 15 is 0 Å². The summed E-state index contributed by atoms with van der Waals surface area (Å²) in [4.78, 5) is 26.5. The van der Waals surface area contributed by atoms with Gasteiger partial charge in [0.1, 0.15) is 0 Å². The minimum Gasteiger partial charge on any atom is -0.353 e. The Morgan fingerprint density at radius 1 is 1.19 bits per heavy atom. The van der Waals surface area contributed by atoms with Crippen LogP contribution in [0.3, 0.4) is 0 Å². The summed E-state index contributed by atoms with van der Waals surface area (Å²) in [6.07, 6.45) is 3.01. The Morgan fingerprint density at radius 3 is 2.38 bits per heavy atom. The SMILES string of the molecule is CC(C)NC(=O)CN1CCC2(CC1)CC2NC(=O)c1cc(Cl)cc(Cl)c1. The summed E-state index contributed by atoms with van der Waals surface area (Å²) < 4.78 is 0. The zero-order valence-electron chi connectivity index (χ0n) is 15.1. The molecule has 26 heavy (non-hydrogen) atoms. The van der Waals surface area contributed by atoms with E-state index in [4.69, 9.17) is 23.2 Å². The van der Waals surface area contributed by atoms with Gasteiger partial charge in [-0.2, -0.15) is 0 Å². The number of likely N-dealkylation sites (tertiary alicyclic amines) is 1. The molecule has 1 atom stereocenters. The third-order valence-corrected chi connectivity index (χ3v) is 5.72. The summed E-state index contributed by atoms with van der Waals surface area (Å²) >= 11 is 11.9. The van der Waals surface area contributed by atoms with Gasteiger partial charge < -0.3 is 10.6 Å². The van der Waals surface area contributed by atoms with Crippen LogP contribution in [0.2, 0.25) is 10.0 Å². The van der Waals surface area contributed by atoms with Crippen LogP contribution in [0.5, 0.6) is 0 Å². The number of nitrogens with one attached hydrogen (secondary N) is 2. The van der Waals surface area contributed by atoms with Crippen LogP contribution in [0.15, 0.2) is 18.2 Å². The van der Waals surface area contributed by atoms with Gasteiger partial charge in [-0.3, -0.25) is 14.5 Å². The van der Waals surface area contributed by atoms with Gasteiger partial charge in [0.15, 0.2) is 0 Å². The van der Waals surface area contributed by atoms with Gasteiger partial charge >= 0.3 is 0 Å². The first-order valence-electron chi connectivity index (χ1n) is 9.06. The molecule has 1 spiro atoms. The quantitative estimate of drug-likeness (QED) is 0.802. The molecule has 0 bridgehead atoms. The van der Waals surface area contributed by atoms with Crippen molar-refractivity contribution in [3.05, 3.63) is 33.8 Å². The van der Waals surface area contributed by atoms with Crippen molar-refractivity contribution >= 4 is 35.0 Å². The lowest BCUT2D eigenvalue weighted by Gasteiger charge is -2.32. The molecule has 0 aromatic heterocycles. The zero-order chi connectivity index (χ0) is 18.9. The fourth-order valence-electron chi connectivity index (χ4n) is 3.76. The Morgan fingerprint density at radius 2 is 1.81 bits per heavy atom. The highest BCUT2D eigenvalue weighted by atomic mass is 35.5. The van der Waals surface area contributed by atoms with E-state index in [0.717, 1.165) is 32.4 Å². The number of benzene rings is 1. The van der Waals surface area contributed by atoms with E-state index < -0.39 is 0 Å². The highest BCUT2D eigenvalue weighted by molar-refractivity contribution is 6.35. The van der Waals surface area contributed by atoms with Crippen molar-refractivity contribution in [2.24, 2.45) is 5.41 Å². The first-order valence-corrected chi connectivity index (χ1v) is 9.82. The second kappa shape index (κ2) is 7.75. The lowest BCUT2D eigenvalue weighted by atomic mass is 9.92. The summed E-state index contributed by atoms with van der Waals surface area (Å²) in [5, 5.41) is 6.96. The monoisotopic (exact) mass is 397 g/mol. The molecule has 1 unspecified atom stereocenters. The molecule has 1 aliphatic heterocycles. The molecular formula is C19H25Cl2N3O2. The fraction of sp³-hybridized carbons (Fsp3) is 0.579. The van der Waals surface area contributed by atoms with Crippen molar-refractivity contribution in [2.45, 2.75) is 45.2 Å². The largest absolute Gasteiger partial charge is 0.353 e. The van der Waals surface area contributed by atoms with Crippen LogP contribution in [0.1, 0.15) is 43.5 Å². The third kappa shape index (κ3) is 4.70. The van der Waals surface area contributed by atoms with Crippen LogP contribution >= 0.6 is 23.2 Å². The molecule has 7 heteroatoms. The number of halogens is 2. The van der Waals surface area contributed by atoms with Crippen molar-refractivity contribution in [1.82, 2.24) is 15.5 Å². The number of carbonyl (C=O) groups is 2. The highest BCUT2D eigenvalue weighted by Gasteiger charge is 2.55. The van der Waals surface area contributed by atoms with Crippen LogP contribution in [-0.2, 0) is 4.79 Å². The molecule has 142 valence electrons. The van der Waals surface area contributed by atoms with E-state index in [-0.39, 0.29) is 29.3 Å². The maximum absolute atomic E-state index is 12.4. The van der Waals surface area contributed by atoms with Gasteiger partial charge in [-0.15, -0.1) is 0 Å². The van der Waals surface area contributed by atoms with Crippen molar-refractivity contribution in [2.75, 3.05) is 19.6 Å². The Bertz CT molecular complexity index is 680. The number of nitrogens with zero attached hydrogens (tertiary/aromatic N) is 1. The topological polar surface area (TPSA) is 61.4 Å². The Balaban J connectivity index is 1.48. The van der Waals surface area contributed by atoms with Crippen LogP contribution in [0.25, 0.3) is 0 Å². The molecule has 1 heterocycles. The normalized spacial score (nSPS) is 21.7. The van der Waals surface area contributed by atoms with Crippen molar-refractivity contribution in [1.29, 1.82) is 0 Å². The molecule has 3 rings (SSSR count). The summed E-state index contributed by atoms with van der Waals surface area (Å²) in [6, 6.07) is 5.24. The van der Waals surface area contributed by atoms with Gasteiger partial charge in [0.2, 0.25) is 5.91 Å². The van der Waals surface area contributed by atoms with E-state index in [2.05, 4.69) is 15.5 Å². The molecule has 2 aliphatic rings. The minimum absolute atomic E-state index is 0.0782. The Hall–Kier alpha value is -1.30. The summed E-state index contributed by atoms with van der Waals surface area (Å²) in [5.74, 6) is -0.0514. The van der Waals surface area contributed by atoms with E-state index in [1.807, 2.05) is 13.8 Å². The van der Waals surface area contributed by atoms with Crippen molar-refractivity contribution in [3.63, 3.8) is 0 Å². The average molecular weight is 398 g/mol. The minimum atomic E-state index is -0.130. The zero-order valence-corrected chi connectivity index (χ0v) is 16.7. The van der Waals surface area contributed by atoms with Crippen LogP contribution in [-0.4, -0.2) is 48.4 Å². The number of hydrogen-bond donors (Lipinski definition) is 2. The first kappa shape index (κ1) is 19.5. The van der Waals surface area contributed by atoms with E-state index in [0.29, 0.717) is 22.2 Å². The molecule has 2 amide bonds. The maximum atomic E-state index is 12.4. The Kier molecular flexibility index (Phi) is 5.80. The lowest BCUT2D eigenvalue weighted by molar-refractivity contribution is -0.123. The molecule has 1 saturated heterocycles. The standard InChI is InChI=1S/C19H25Cl2N3O2/c1-12(2)22-17(25)11-24-5-3-19(4-6-24)10-16(19)23-18(26)13-7-14(20)9-15(21)8-13/h7-9,12,16H,3-6,10-11H2,1-2H3,(H,22,25)(H,23,26). The molecule has 1 aliphatic carbocycles. The highest BCUT2D eigenvalue weighted by Crippen LogP contribution is 2.53. The summed E-state index contributed by atoms with van der Waals surface area (Å²) in [5.41, 5.74) is 0.676. The van der Waals surface area contributed by atoms with Gasteiger partial charge in [-0.05, 0) is 69.8 Å². The van der Waals surface area contributed by atoms with Gasteiger partial charge in [0, 0.05) is 27.7 Å². The van der Waals surface area contributed by atoms with E-state index in [9.17, 15) is 9.59 Å². The predicted octanol–water partition coefficient (Wildman–Crippen LogP) is 3.10. The molecule has 0 radical (unpaired) electrons. The number of carbonyl (C=O) groups excluding carboxylic acids is 2.